The second-order valence-corrected chi connectivity index (χ2v) is 2.61. The average Bonchev–Trinajstić information content (AvgIpc) is 1.86. The smallest absolute Gasteiger partial charge is 0.0563 e. The summed E-state index contributed by atoms with van der Waals surface area (Å²) in [6.07, 6.45) is 0.782. The van der Waals surface area contributed by atoms with E-state index in [1.807, 2.05) is 20.8 Å². The standard InChI is InChI=1S/C6H14NO2/c1-5-6(2,3)7(8)9-4/h5H2,1-4H3/q-1. The zero-order valence-electron chi connectivity index (χ0n) is 6.47. The SMILES string of the molecule is CCC(C)(C)N([O-])OC. The molecule has 0 bridgehead atoms. The van der Waals surface area contributed by atoms with Crippen molar-refractivity contribution >= 4 is 0 Å². The second-order valence-electron chi connectivity index (χ2n) is 2.61. The number of hydrogen-bond donors (Lipinski definition) is 0. The Morgan fingerprint density at radius 3 is 2.11 bits per heavy atom. The Morgan fingerprint density at radius 2 is 2.00 bits per heavy atom. The van der Waals surface area contributed by atoms with E-state index >= 15 is 0 Å². The minimum absolute atomic E-state index is 0.394. The molecule has 0 fully saturated rings. The van der Waals surface area contributed by atoms with E-state index in [1.54, 1.807) is 0 Å². The van der Waals surface area contributed by atoms with Crippen molar-refractivity contribution in [1.82, 2.24) is 5.23 Å². The molecule has 0 aromatic rings. The first kappa shape index (κ1) is 8.88. The predicted octanol–water partition coefficient (Wildman–Crippen LogP) is 1.54. The summed E-state index contributed by atoms with van der Waals surface area (Å²) in [5.41, 5.74) is -0.394. The summed E-state index contributed by atoms with van der Waals surface area (Å²) in [6.45, 7) is 5.62. The molecule has 0 aliphatic heterocycles. The fraction of sp³-hybridized carbons (Fsp3) is 1.00. The molecule has 0 heterocycles. The highest BCUT2D eigenvalue weighted by molar-refractivity contribution is 4.74. The molecule has 0 saturated carbocycles. The zero-order valence-corrected chi connectivity index (χ0v) is 6.47. The Labute approximate surface area is 56.1 Å². The first-order chi connectivity index (χ1) is 4.04. The quantitative estimate of drug-likeness (QED) is 0.546. The van der Waals surface area contributed by atoms with Gasteiger partial charge in [0.05, 0.1) is 7.11 Å². The van der Waals surface area contributed by atoms with Crippen LogP contribution in [0.4, 0.5) is 0 Å². The number of hydroxylamine groups is 2. The molecule has 0 aromatic carbocycles. The van der Waals surface area contributed by atoms with Gasteiger partial charge in [-0.25, -0.2) is 0 Å². The highest BCUT2D eigenvalue weighted by atomic mass is 16.9. The van der Waals surface area contributed by atoms with E-state index < -0.39 is 5.54 Å². The third-order valence-corrected chi connectivity index (χ3v) is 1.53. The summed E-state index contributed by atoms with van der Waals surface area (Å²) in [7, 11) is 1.38. The molecule has 0 radical (unpaired) electrons. The molecule has 3 heteroatoms. The summed E-state index contributed by atoms with van der Waals surface area (Å²) >= 11 is 0. The van der Waals surface area contributed by atoms with E-state index in [4.69, 9.17) is 0 Å². The van der Waals surface area contributed by atoms with E-state index in [0.29, 0.717) is 5.23 Å². The first-order valence-electron chi connectivity index (χ1n) is 3.06. The summed E-state index contributed by atoms with van der Waals surface area (Å²) in [5.74, 6) is 0. The molecular formula is C6H14NO2-. The van der Waals surface area contributed by atoms with Crippen molar-refractivity contribution in [3.8, 4) is 0 Å². The molecule has 3 nitrogen and oxygen atoms in total. The van der Waals surface area contributed by atoms with Crippen LogP contribution in [0, 0.1) is 5.21 Å². The van der Waals surface area contributed by atoms with Gasteiger partial charge in [0.2, 0.25) is 0 Å². The van der Waals surface area contributed by atoms with Crippen LogP contribution in [0.5, 0.6) is 0 Å². The van der Waals surface area contributed by atoms with Gasteiger partial charge >= 0.3 is 0 Å². The van der Waals surface area contributed by atoms with Crippen LogP contribution in [0.1, 0.15) is 27.2 Å². The Hall–Kier alpha value is -0.120. The van der Waals surface area contributed by atoms with Crippen molar-refractivity contribution in [2.45, 2.75) is 32.7 Å². The van der Waals surface area contributed by atoms with Gasteiger partial charge in [-0.2, -0.15) is 0 Å². The van der Waals surface area contributed by atoms with Gasteiger partial charge in [0.15, 0.2) is 0 Å². The second kappa shape index (κ2) is 3.15. The lowest BCUT2D eigenvalue weighted by molar-refractivity contribution is -0.153. The normalized spacial score (nSPS) is 12.7. The van der Waals surface area contributed by atoms with E-state index in [0.717, 1.165) is 6.42 Å². The zero-order chi connectivity index (χ0) is 7.49. The Balaban J connectivity index is 3.80. The van der Waals surface area contributed by atoms with Crippen LogP contribution in [-0.2, 0) is 4.84 Å². The van der Waals surface area contributed by atoms with Crippen LogP contribution < -0.4 is 0 Å². The van der Waals surface area contributed by atoms with Crippen molar-refractivity contribution in [1.29, 1.82) is 0 Å². The van der Waals surface area contributed by atoms with Gasteiger partial charge in [0, 0.05) is 5.54 Å². The minimum atomic E-state index is -0.394. The molecule has 0 saturated heterocycles. The van der Waals surface area contributed by atoms with E-state index in [1.165, 1.54) is 7.11 Å². The summed E-state index contributed by atoms with van der Waals surface area (Å²) in [4.78, 5) is 4.48. The largest absolute Gasteiger partial charge is 0.762 e. The van der Waals surface area contributed by atoms with Crippen LogP contribution in [-0.4, -0.2) is 17.9 Å². The van der Waals surface area contributed by atoms with Crippen LogP contribution in [0.15, 0.2) is 0 Å². The van der Waals surface area contributed by atoms with Gasteiger partial charge in [0.25, 0.3) is 0 Å². The third kappa shape index (κ3) is 2.30. The molecule has 56 valence electrons. The lowest BCUT2D eigenvalue weighted by atomic mass is 10.0. The Bertz CT molecular complexity index is 83.1. The fourth-order valence-corrected chi connectivity index (χ4v) is 0.376. The molecular weight excluding hydrogens is 118 g/mol. The van der Waals surface area contributed by atoms with Gasteiger partial charge in [-0.3, -0.25) is 5.23 Å². The molecule has 0 aliphatic rings. The summed E-state index contributed by atoms with van der Waals surface area (Å²) in [6, 6.07) is 0. The van der Waals surface area contributed by atoms with Gasteiger partial charge in [-0.05, 0) is 20.3 Å². The maximum absolute atomic E-state index is 10.8. The highest BCUT2D eigenvalue weighted by Crippen LogP contribution is 2.15. The molecule has 0 aromatic heterocycles. The van der Waals surface area contributed by atoms with E-state index in [2.05, 4.69) is 4.84 Å². The molecule has 0 aliphatic carbocycles. The van der Waals surface area contributed by atoms with Crippen molar-refractivity contribution in [3.05, 3.63) is 5.21 Å². The van der Waals surface area contributed by atoms with Crippen molar-refractivity contribution in [2.75, 3.05) is 7.11 Å². The lowest BCUT2D eigenvalue weighted by Crippen LogP contribution is -2.38. The molecule has 0 N–H and O–H groups in total. The highest BCUT2D eigenvalue weighted by Gasteiger charge is 2.16. The van der Waals surface area contributed by atoms with Crippen LogP contribution >= 0.6 is 0 Å². The molecule has 0 amide bonds. The fourth-order valence-electron chi connectivity index (χ4n) is 0.376. The van der Waals surface area contributed by atoms with Crippen LogP contribution in [0.25, 0.3) is 0 Å². The van der Waals surface area contributed by atoms with Gasteiger partial charge in [-0.15, -0.1) is 0 Å². The predicted molar refractivity (Wildman–Crippen MR) is 36.6 cm³/mol. The van der Waals surface area contributed by atoms with Gasteiger partial charge < -0.3 is 10.0 Å². The molecule has 0 atom stereocenters. The molecule has 0 rings (SSSR count). The average molecular weight is 132 g/mol. The number of nitrogens with zero attached hydrogens (tertiary/aromatic N) is 1. The van der Waals surface area contributed by atoms with E-state index in [-0.39, 0.29) is 0 Å². The number of rotatable bonds is 3. The van der Waals surface area contributed by atoms with Crippen molar-refractivity contribution < 1.29 is 4.84 Å². The topological polar surface area (TPSA) is 35.5 Å². The van der Waals surface area contributed by atoms with E-state index in [9.17, 15) is 5.21 Å². The van der Waals surface area contributed by atoms with Crippen LogP contribution in [0.2, 0.25) is 0 Å². The first-order valence-corrected chi connectivity index (χ1v) is 3.06. The molecule has 0 spiro atoms. The maximum Gasteiger partial charge on any atom is 0.0563 e. The Morgan fingerprint density at radius 1 is 1.56 bits per heavy atom. The van der Waals surface area contributed by atoms with Crippen LogP contribution in [0.3, 0.4) is 0 Å². The minimum Gasteiger partial charge on any atom is -0.762 e. The van der Waals surface area contributed by atoms with Gasteiger partial charge in [-0.1, -0.05) is 6.92 Å². The maximum atomic E-state index is 10.8. The summed E-state index contributed by atoms with van der Waals surface area (Å²) < 4.78 is 0. The Kier molecular flexibility index (Phi) is 3.11. The summed E-state index contributed by atoms with van der Waals surface area (Å²) in [5, 5.41) is 11.4. The van der Waals surface area contributed by atoms with Crippen molar-refractivity contribution in [2.24, 2.45) is 0 Å². The third-order valence-electron chi connectivity index (χ3n) is 1.53. The van der Waals surface area contributed by atoms with Crippen molar-refractivity contribution in [3.63, 3.8) is 0 Å². The lowest BCUT2D eigenvalue weighted by Gasteiger charge is -2.40. The number of hydrogen-bond acceptors (Lipinski definition) is 3. The van der Waals surface area contributed by atoms with Gasteiger partial charge in [0.1, 0.15) is 0 Å². The monoisotopic (exact) mass is 132 g/mol. The molecule has 0 unspecified atom stereocenters. The molecule has 9 heavy (non-hydrogen) atoms.